The molecule has 36 heavy (non-hydrogen) atoms. The summed E-state index contributed by atoms with van der Waals surface area (Å²) in [7, 11) is 3.94. The molecule has 2 saturated heterocycles. The number of phenols is 1. The standard InChI is InChI=1S/C20H24N8O.C2HF3O2/c1-26-7-5-20(6-8-26)12-28(13-20)19-21-10-17(23-24-19)15-4-3-14(9-18(15)29)16-11-22-27(2)25-16;3-2(4,5)1(6)7/h3-4,9-11,29H,5-8,12-13H2,1-2H3;(H,6,7). The number of anilines is 1. The minimum absolute atomic E-state index is 0.117. The number of hydrogen-bond donors (Lipinski definition) is 2. The second kappa shape index (κ2) is 9.68. The van der Waals surface area contributed by atoms with Crippen LogP contribution in [0.3, 0.4) is 0 Å². The molecule has 0 atom stereocenters. The molecule has 0 bridgehead atoms. The van der Waals surface area contributed by atoms with E-state index in [0.717, 1.165) is 31.7 Å². The third kappa shape index (κ3) is 5.53. The number of halogens is 3. The summed E-state index contributed by atoms with van der Waals surface area (Å²) in [4.78, 5) is 19.5. The first kappa shape index (κ1) is 25.3. The van der Waals surface area contributed by atoms with Gasteiger partial charge in [-0.05, 0) is 45.1 Å². The molecular formula is C22H25F3N8O3. The molecular weight excluding hydrogens is 481 g/mol. The summed E-state index contributed by atoms with van der Waals surface area (Å²) in [6, 6.07) is 5.35. The van der Waals surface area contributed by atoms with Gasteiger partial charge in [-0.25, -0.2) is 9.78 Å². The molecule has 192 valence electrons. The summed E-state index contributed by atoms with van der Waals surface area (Å²) in [6.45, 7) is 4.32. The first-order chi connectivity index (χ1) is 17.0. The van der Waals surface area contributed by atoms with Crippen molar-refractivity contribution in [3.8, 4) is 28.3 Å². The minimum Gasteiger partial charge on any atom is -0.507 e. The molecule has 14 heteroatoms. The highest BCUT2D eigenvalue weighted by Crippen LogP contribution is 2.41. The van der Waals surface area contributed by atoms with Crippen molar-refractivity contribution in [2.45, 2.75) is 19.0 Å². The van der Waals surface area contributed by atoms with Gasteiger partial charge in [0.05, 0.1) is 12.4 Å². The minimum atomic E-state index is -5.08. The number of hydrogen-bond acceptors (Lipinski definition) is 9. The molecule has 5 rings (SSSR count). The third-order valence-electron chi connectivity index (χ3n) is 6.34. The number of rotatable bonds is 3. The Morgan fingerprint density at radius 3 is 2.22 bits per heavy atom. The fourth-order valence-corrected chi connectivity index (χ4v) is 4.24. The van der Waals surface area contributed by atoms with Gasteiger partial charge in [0.2, 0.25) is 5.95 Å². The van der Waals surface area contributed by atoms with Crippen molar-refractivity contribution in [1.82, 2.24) is 35.1 Å². The monoisotopic (exact) mass is 506 g/mol. The zero-order valence-corrected chi connectivity index (χ0v) is 19.6. The fourth-order valence-electron chi connectivity index (χ4n) is 4.24. The molecule has 11 nitrogen and oxygen atoms in total. The van der Waals surface area contributed by atoms with E-state index in [4.69, 9.17) is 9.90 Å². The zero-order chi connectivity index (χ0) is 26.1. The molecule has 3 aromatic rings. The number of carboxylic acid groups (broad SMARTS) is 1. The Bertz CT molecular complexity index is 1220. The Hall–Kier alpha value is -3.81. The lowest BCUT2D eigenvalue weighted by atomic mass is 9.72. The molecule has 2 aliphatic rings. The first-order valence-corrected chi connectivity index (χ1v) is 11.1. The van der Waals surface area contributed by atoms with E-state index in [-0.39, 0.29) is 5.75 Å². The lowest BCUT2D eigenvalue weighted by molar-refractivity contribution is -0.192. The van der Waals surface area contributed by atoms with E-state index in [1.165, 1.54) is 17.6 Å². The van der Waals surface area contributed by atoms with Crippen LogP contribution in [-0.4, -0.2) is 90.7 Å². The lowest BCUT2D eigenvalue weighted by Gasteiger charge is -2.53. The Morgan fingerprint density at radius 2 is 1.72 bits per heavy atom. The highest BCUT2D eigenvalue weighted by Gasteiger charge is 2.45. The van der Waals surface area contributed by atoms with Gasteiger partial charge in [-0.2, -0.15) is 28.2 Å². The number of aliphatic carboxylic acids is 1. The molecule has 2 aliphatic heterocycles. The number of carbonyl (C=O) groups is 1. The van der Waals surface area contributed by atoms with Gasteiger partial charge in [-0.3, -0.25) is 0 Å². The maximum absolute atomic E-state index is 10.6. The molecule has 1 aromatic carbocycles. The van der Waals surface area contributed by atoms with Gasteiger partial charge in [0.25, 0.3) is 0 Å². The third-order valence-corrected chi connectivity index (χ3v) is 6.34. The zero-order valence-electron chi connectivity index (χ0n) is 19.6. The van der Waals surface area contributed by atoms with Crippen molar-refractivity contribution in [3.05, 3.63) is 30.6 Å². The Labute approximate surface area is 204 Å². The molecule has 0 radical (unpaired) electrons. The van der Waals surface area contributed by atoms with Crippen LogP contribution in [0.15, 0.2) is 30.6 Å². The van der Waals surface area contributed by atoms with Crippen LogP contribution in [0.1, 0.15) is 12.8 Å². The number of aromatic nitrogens is 6. The molecule has 0 saturated carbocycles. The molecule has 0 aliphatic carbocycles. The Balaban J connectivity index is 0.000000384. The maximum Gasteiger partial charge on any atom is 0.490 e. The normalized spacial score (nSPS) is 17.3. The van der Waals surface area contributed by atoms with Gasteiger partial charge in [0.15, 0.2) is 0 Å². The predicted molar refractivity (Wildman–Crippen MR) is 122 cm³/mol. The van der Waals surface area contributed by atoms with Crippen molar-refractivity contribution < 1.29 is 28.2 Å². The molecule has 2 N–H and O–H groups in total. The van der Waals surface area contributed by atoms with Crippen LogP contribution in [0.25, 0.3) is 22.5 Å². The van der Waals surface area contributed by atoms with Crippen LogP contribution >= 0.6 is 0 Å². The van der Waals surface area contributed by atoms with E-state index in [9.17, 15) is 18.3 Å². The van der Waals surface area contributed by atoms with Crippen molar-refractivity contribution >= 4 is 11.9 Å². The number of benzene rings is 1. The van der Waals surface area contributed by atoms with Gasteiger partial charge in [0.1, 0.15) is 17.1 Å². The topological polar surface area (TPSA) is 133 Å². The van der Waals surface area contributed by atoms with Crippen molar-refractivity contribution in [1.29, 1.82) is 0 Å². The first-order valence-electron chi connectivity index (χ1n) is 11.1. The summed E-state index contributed by atoms with van der Waals surface area (Å²) >= 11 is 0. The smallest absolute Gasteiger partial charge is 0.490 e. The van der Waals surface area contributed by atoms with E-state index < -0.39 is 12.1 Å². The van der Waals surface area contributed by atoms with Crippen LogP contribution < -0.4 is 4.90 Å². The number of carboxylic acids is 1. The largest absolute Gasteiger partial charge is 0.507 e. The van der Waals surface area contributed by atoms with Crippen LogP contribution in [0.4, 0.5) is 19.1 Å². The van der Waals surface area contributed by atoms with Crippen molar-refractivity contribution in [2.24, 2.45) is 12.5 Å². The lowest BCUT2D eigenvalue weighted by Crippen LogP contribution is -2.60. The summed E-state index contributed by atoms with van der Waals surface area (Å²) in [5.41, 5.74) is 3.06. The maximum atomic E-state index is 10.6. The second-order valence-corrected chi connectivity index (χ2v) is 9.06. The summed E-state index contributed by atoms with van der Waals surface area (Å²) < 4.78 is 31.7. The summed E-state index contributed by atoms with van der Waals surface area (Å²) in [5.74, 6) is -1.98. The Kier molecular flexibility index (Phi) is 6.80. The molecule has 2 fully saturated rings. The average Bonchev–Trinajstić information content (AvgIpc) is 3.25. The molecule has 0 unspecified atom stereocenters. The van der Waals surface area contributed by atoms with Gasteiger partial charge in [-0.1, -0.05) is 6.07 Å². The van der Waals surface area contributed by atoms with Crippen LogP contribution in [-0.2, 0) is 11.8 Å². The number of piperidine rings is 1. The number of aryl methyl sites for hydroxylation is 1. The van der Waals surface area contributed by atoms with Gasteiger partial charge < -0.3 is 20.0 Å². The quantitative estimate of drug-likeness (QED) is 0.545. The molecule has 0 amide bonds. The predicted octanol–water partition coefficient (Wildman–Crippen LogP) is 2.20. The van der Waals surface area contributed by atoms with E-state index in [1.807, 2.05) is 12.1 Å². The summed E-state index contributed by atoms with van der Waals surface area (Å²) in [5, 5.41) is 34.5. The van der Waals surface area contributed by atoms with Gasteiger partial charge in [0, 0.05) is 36.7 Å². The van der Waals surface area contributed by atoms with E-state index in [2.05, 4.69) is 42.2 Å². The van der Waals surface area contributed by atoms with Gasteiger partial charge >= 0.3 is 12.1 Å². The second-order valence-electron chi connectivity index (χ2n) is 9.06. The number of phenolic OH excluding ortho intramolecular Hbond substituents is 1. The highest BCUT2D eigenvalue weighted by molar-refractivity contribution is 5.73. The average molecular weight is 506 g/mol. The van der Waals surface area contributed by atoms with Crippen LogP contribution in [0.5, 0.6) is 5.75 Å². The number of aromatic hydroxyl groups is 1. The SMILES string of the molecule is CN1CCC2(CC1)CN(c1ncc(-c3ccc(-c4cnn(C)n4)cc3O)nn1)C2.O=C(O)C(F)(F)F. The van der Waals surface area contributed by atoms with E-state index in [1.54, 1.807) is 25.5 Å². The molecule has 2 aromatic heterocycles. The van der Waals surface area contributed by atoms with Crippen molar-refractivity contribution in [2.75, 3.05) is 38.1 Å². The molecule has 1 spiro atoms. The number of nitrogens with zero attached hydrogens (tertiary/aromatic N) is 8. The number of alkyl halides is 3. The van der Waals surface area contributed by atoms with E-state index in [0.29, 0.717) is 28.3 Å². The van der Waals surface area contributed by atoms with Crippen molar-refractivity contribution in [3.63, 3.8) is 0 Å². The summed E-state index contributed by atoms with van der Waals surface area (Å²) in [6.07, 6.45) is 0.725. The van der Waals surface area contributed by atoms with Gasteiger partial charge in [-0.15, -0.1) is 10.2 Å². The van der Waals surface area contributed by atoms with Crippen LogP contribution in [0, 0.1) is 5.41 Å². The highest BCUT2D eigenvalue weighted by atomic mass is 19.4. The number of likely N-dealkylation sites (tertiary alicyclic amines) is 1. The van der Waals surface area contributed by atoms with E-state index >= 15 is 0 Å². The fraction of sp³-hybridized carbons (Fsp3) is 0.455. The molecule has 4 heterocycles. The van der Waals surface area contributed by atoms with Crippen LogP contribution in [0.2, 0.25) is 0 Å². The Morgan fingerprint density at radius 1 is 1.06 bits per heavy atom.